The molecule has 0 saturated carbocycles. The molecule has 8 nitrogen and oxygen atoms in total. The average molecular weight is 390 g/mol. The van der Waals surface area contributed by atoms with Crippen molar-refractivity contribution in [3.63, 3.8) is 0 Å². The number of ketones is 3. The van der Waals surface area contributed by atoms with Crippen LogP contribution in [-0.4, -0.2) is 55.1 Å². The van der Waals surface area contributed by atoms with Gasteiger partial charge in [-0.3, -0.25) is 14.4 Å². The van der Waals surface area contributed by atoms with Gasteiger partial charge in [-0.15, -0.1) is 0 Å². The molecule has 0 unspecified atom stereocenters. The molecule has 0 saturated heterocycles. The second-order valence-electron chi connectivity index (χ2n) is 6.71. The normalized spacial score (nSPS) is 23.6. The van der Waals surface area contributed by atoms with Crippen molar-refractivity contribution in [2.24, 2.45) is 0 Å². The lowest BCUT2D eigenvalue weighted by molar-refractivity contribution is -0.145. The van der Waals surface area contributed by atoms with Crippen molar-refractivity contribution >= 4 is 28.7 Å². The van der Waals surface area contributed by atoms with E-state index in [1.54, 1.807) is 0 Å². The van der Waals surface area contributed by atoms with Gasteiger partial charge in [0.05, 0.1) is 17.2 Å². The van der Waals surface area contributed by atoms with E-state index in [9.17, 15) is 34.8 Å². The number of hydrogen-bond donors (Lipinski definition) is 5. The van der Waals surface area contributed by atoms with Gasteiger partial charge in [-0.2, -0.15) is 11.3 Å². The van der Waals surface area contributed by atoms with Crippen LogP contribution in [-0.2, 0) is 11.2 Å². The summed E-state index contributed by atoms with van der Waals surface area (Å²) in [6.45, 7) is -0.980. The van der Waals surface area contributed by atoms with E-state index in [0.29, 0.717) is 0 Å². The van der Waals surface area contributed by atoms with E-state index in [4.69, 9.17) is 5.11 Å². The Kier molecular flexibility index (Phi) is 3.76. The molecule has 2 aromatic rings. The van der Waals surface area contributed by atoms with Gasteiger partial charge >= 0.3 is 0 Å². The van der Waals surface area contributed by atoms with Crippen molar-refractivity contribution in [3.05, 3.63) is 44.1 Å². The minimum Gasteiger partial charge on any atom is -0.507 e. The minimum atomic E-state index is -2.17. The Morgan fingerprint density at radius 3 is 2.22 bits per heavy atom. The zero-order valence-corrected chi connectivity index (χ0v) is 14.5. The summed E-state index contributed by atoms with van der Waals surface area (Å²) in [7, 11) is 0. The number of phenolic OH excluding ortho intramolecular Hbond substituents is 2. The van der Waals surface area contributed by atoms with Crippen molar-refractivity contribution in [2.45, 2.75) is 24.5 Å². The van der Waals surface area contributed by atoms with Crippen LogP contribution < -0.4 is 0 Å². The molecule has 2 atom stereocenters. The van der Waals surface area contributed by atoms with Crippen molar-refractivity contribution in [2.75, 3.05) is 6.61 Å². The minimum absolute atomic E-state index is 0.0882. The molecular weight excluding hydrogens is 376 g/mol. The fourth-order valence-corrected chi connectivity index (χ4v) is 4.65. The molecule has 9 heteroatoms. The highest BCUT2D eigenvalue weighted by atomic mass is 32.1. The molecule has 5 N–H and O–H groups in total. The monoisotopic (exact) mass is 390 g/mol. The van der Waals surface area contributed by atoms with Crippen LogP contribution in [0.4, 0.5) is 0 Å². The second kappa shape index (κ2) is 5.70. The van der Waals surface area contributed by atoms with Crippen molar-refractivity contribution < 1.29 is 39.9 Å². The molecule has 27 heavy (non-hydrogen) atoms. The number of thiophene rings is 1. The summed E-state index contributed by atoms with van der Waals surface area (Å²) in [4.78, 5) is 37.4. The summed E-state index contributed by atoms with van der Waals surface area (Å²) >= 11 is 1.12. The van der Waals surface area contributed by atoms with Crippen molar-refractivity contribution in [3.8, 4) is 11.5 Å². The summed E-state index contributed by atoms with van der Waals surface area (Å²) in [5.74, 6) is -3.62. The van der Waals surface area contributed by atoms with E-state index >= 15 is 0 Å². The fourth-order valence-electron chi connectivity index (χ4n) is 3.84. The number of hydrogen-bond acceptors (Lipinski definition) is 9. The number of fused-ring (bicyclic) bond motifs is 3. The Morgan fingerprint density at radius 2 is 1.67 bits per heavy atom. The van der Waals surface area contributed by atoms with Gasteiger partial charge in [0, 0.05) is 45.9 Å². The molecule has 4 rings (SSSR count). The summed E-state index contributed by atoms with van der Waals surface area (Å²) in [5, 5.41) is 54.2. The topological polar surface area (TPSA) is 152 Å². The third-order valence-electron chi connectivity index (χ3n) is 5.19. The van der Waals surface area contributed by atoms with Gasteiger partial charge in [0.25, 0.3) is 0 Å². The summed E-state index contributed by atoms with van der Waals surface area (Å²) in [6.07, 6.45) is -2.64. The molecule has 1 heterocycles. The third-order valence-corrected chi connectivity index (χ3v) is 5.93. The van der Waals surface area contributed by atoms with E-state index in [1.807, 2.05) is 0 Å². The predicted octanol–water partition coefficient (Wildman–Crippen LogP) is 0.207. The van der Waals surface area contributed by atoms with Crippen LogP contribution in [0.15, 0.2) is 10.8 Å². The molecule has 0 amide bonds. The van der Waals surface area contributed by atoms with Crippen LogP contribution in [0.3, 0.4) is 0 Å². The maximum Gasteiger partial charge on any atom is 0.199 e. The average Bonchev–Trinajstić information content (AvgIpc) is 3.11. The highest BCUT2D eigenvalue weighted by molar-refractivity contribution is 7.08. The first kappa shape index (κ1) is 17.8. The zero-order valence-electron chi connectivity index (χ0n) is 13.7. The molecule has 2 aliphatic rings. The van der Waals surface area contributed by atoms with Gasteiger partial charge in [-0.25, -0.2) is 0 Å². The smallest absolute Gasteiger partial charge is 0.199 e. The van der Waals surface area contributed by atoms with Gasteiger partial charge in [0.2, 0.25) is 0 Å². The molecule has 0 radical (unpaired) electrons. The van der Waals surface area contributed by atoms with E-state index in [1.165, 1.54) is 10.8 Å². The van der Waals surface area contributed by atoms with Gasteiger partial charge < -0.3 is 25.5 Å². The maximum absolute atomic E-state index is 12.8. The number of rotatable bonds is 2. The lowest BCUT2D eigenvalue weighted by Crippen LogP contribution is -2.47. The lowest BCUT2D eigenvalue weighted by Gasteiger charge is -2.36. The summed E-state index contributed by atoms with van der Waals surface area (Å²) < 4.78 is 0. The molecule has 1 aromatic heterocycles. The van der Waals surface area contributed by atoms with Gasteiger partial charge in [0.15, 0.2) is 17.3 Å². The van der Waals surface area contributed by atoms with Crippen LogP contribution in [0.2, 0.25) is 0 Å². The molecule has 0 bridgehead atoms. The standard InChI is InChI=1S/C18H14O8S/c19-3-10(21)18(26)1-6-11(9(20)2-18)17(25)13-12(14(6)22)15(23)7-4-27-5-8(7)16(13)24/h4-5,9,19-20,22,25-26H,1-3H2/t9-,18-/m1/s1. The van der Waals surface area contributed by atoms with Gasteiger partial charge in [-0.1, -0.05) is 0 Å². The third kappa shape index (κ3) is 2.23. The SMILES string of the molecule is O=C1c2cscc2C(=O)c2c(O)c3c(c(O)c21)C[C@](O)(C(=O)CO)C[C@H]3O. The quantitative estimate of drug-likeness (QED) is 0.389. The van der Waals surface area contributed by atoms with Crippen LogP contribution in [0.1, 0.15) is 55.5 Å². The Hall–Kier alpha value is -2.59. The lowest BCUT2D eigenvalue weighted by atomic mass is 9.72. The number of aliphatic hydroxyl groups is 3. The first-order chi connectivity index (χ1) is 12.7. The van der Waals surface area contributed by atoms with Crippen LogP contribution in [0, 0.1) is 0 Å². The first-order valence-corrected chi connectivity index (χ1v) is 8.96. The summed E-state index contributed by atoms with van der Waals surface area (Å²) in [5.41, 5.74) is -3.21. The van der Waals surface area contributed by atoms with Gasteiger partial charge in [0.1, 0.15) is 23.7 Å². The fraction of sp³-hybridized carbons (Fsp3) is 0.278. The molecular formula is C18H14O8S. The van der Waals surface area contributed by atoms with E-state index in [-0.39, 0.29) is 22.3 Å². The Morgan fingerprint density at radius 1 is 1.11 bits per heavy atom. The van der Waals surface area contributed by atoms with Gasteiger partial charge in [-0.05, 0) is 0 Å². The molecule has 140 valence electrons. The molecule has 0 fully saturated rings. The predicted molar refractivity (Wildman–Crippen MR) is 91.3 cm³/mol. The number of phenols is 2. The van der Waals surface area contributed by atoms with E-state index < -0.39 is 71.1 Å². The number of carbonyl (C=O) groups excluding carboxylic acids is 3. The van der Waals surface area contributed by atoms with E-state index in [2.05, 4.69) is 0 Å². The Labute approximate surface area is 155 Å². The number of carbonyl (C=O) groups is 3. The summed E-state index contributed by atoms with van der Waals surface area (Å²) in [6, 6.07) is 0. The highest BCUT2D eigenvalue weighted by Gasteiger charge is 2.47. The first-order valence-electron chi connectivity index (χ1n) is 8.02. The van der Waals surface area contributed by atoms with Crippen molar-refractivity contribution in [1.29, 1.82) is 0 Å². The van der Waals surface area contributed by atoms with E-state index in [0.717, 1.165) is 11.3 Å². The Bertz CT molecular complexity index is 1040. The number of Topliss-reactive ketones (excluding diaryl/α,β-unsaturated/α-hetero) is 1. The molecule has 2 aliphatic carbocycles. The maximum atomic E-state index is 12.8. The number of aromatic hydroxyl groups is 2. The van der Waals surface area contributed by atoms with Crippen molar-refractivity contribution in [1.82, 2.24) is 0 Å². The second-order valence-corrected chi connectivity index (χ2v) is 7.45. The zero-order chi connectivity index (χ0) is 19.7. The number of aliphatic hydroxyl groups excluding tert-OH is 2. The molecule has 0 aliphatic heterocycles. The molecule has 1 aromatic carbocycles. The van der Waals surface area contributed by atoms with Crippen LogP contribution in [0.5, 0.6) is 11.5 Å². The highest BCUT2D eigenvalue weighted by Crippen LogP contribution is 2.50. The number of benzene rings is 1. The largest absolute Gasteiger partial charge is 0.507 e. The van der Waals surface area contributed by atoms with Crippen LogP contribution >= 0.6 is 11.3 Å². The van der Waals surface area contributed by atoms with Crippen LogP contribution in [0.25, 0.3) is 0 Å². The Balaban J connectivity index is 2.00. The molecule has 0 spiro atoms.